The summed E-state index contributed by atoms with van der Waals surface area (Å²) in [7, 11) is 0. The maximum atomic E-state index is 10.3. The van der Waals surface area contributed by atoms with Crippen LogP contribution in [0, 0.1) is 24.7 Å². The second kappa shape index (κ2) is 15.2. The second-order valence-electron chi connectivity index (χ2n) is 13.5. The first kappa shape index (κ1) is 33.1. The third-order valence-corrected chi connectivity index (χ3v) is 8.97. The van der Waals surface area contributed by atoms with E-state index >= 15 is 0 Å². The number of aliphatic hydroxyl groups excluding tert-OH is 4. The summed E-state index contributed by atoms with van der Waals surface area (Å²) in [4.78, 5) is 0. The van der Waals surface area contributed by atoms with Crippen molar-refractivity contribution in [2.24, 2.45) is 17.8 Å². The topological polar surface area (TPSA) is 109 Å². The van der Waals surface area contributed by atoms with Crippen LogP contribution in [0.5, 0.6) is 11.5 Å². The summed E-state index contributed by atoms with van der Waals surface area (Å²) < 4.78 is 18.0. The van der Waals surface area contributed by atoms with Crippen molar-refractivity contribution in [2.45, 2.75) is 148 Å². The standard InChI is InChI=1S/C33H56O7/c1-21(2)10-7-11-22(3)12-8-13-23(4)14-9-16-33(6)17-15-25-19-26(18-24(5)31(25)40-33)38-32-30(37)29(36)28(35)27(20-34)39-32/h18-19,21-23,27-30,32,34-37H,7-17,20H2,1-6H3/t22?,23?,27-,28-,29+,30+,32+,33?/m1/s1. The van der Waals surface area contributed by atoms with Crippen LogP contribution in [0.3, 0.4) is 0 Å². The maximum absolute atomic E-state index is 10.3. The van der Waals surface area contributed by atoms with Gasteiger partial charge in [-0.2, -0.15) is 0 Å². The molecule has 0 aliphatic carbocycles. The van der Waals surface area contributed by atoms with Crippen molar-refractivity contribution >= 4 is 0 Å². The number of benzene rings is 1. The lowest BCUT2D eigenvalue weighted by Gasteiger charge is -2.40. The zero-order valence-corrected chi connectivity index (χ0v) is 25.8. The van der Waals surface area contributed by atoms with E-state index in [1.54, 1.807) is 0 Å². The Hall–Kier alpha value is -1.38. The fourth-order valence-electron chi connectivity index (χ4n) is 6.18. The van der Waals surface area contributed by atoms with Gasteiger partial charge in [0, 0.05) is 0 Å². The molecule has 3 rings (SSSR count). The van der Waals surface area contributed by atoms with E-state index in [1.807, 2.05) is 19.1 Å². The predicted octanol–water partition coefficient (Wildman–Crippen LogP) is 5.70. The summed E-state index contributed by atoms with van der Waals surface area (Å²) in [6.45, 7) is 13.1. The van der Waals surface area contributed by atoms with E-state index in [1.165, 1.54) is 44.9 Å². The summed E-state index contributed by atoms with van der Waals surface area (Å²) in [6, 6.07) is 3.74. The van der Waals surface area contributed by atoms with Crippen LogP contribution in [-0.4, -0.2) is 63.3 Å². The number of fused-ring (bicyclic) bond motifs is 1. The lowest BCUT2D eigenvalue weighted by atomic mass is 9.85. The summed E-state index contributed by atoms with van der Waals surface area (Å²) in [5, 5.41) is 39.9. The van der Waals surface area contributed by atoms with Crippen LogP contribution in [-0.2, 0) is 11.2 Å². The van der Waals surface area contributed by atoms with Gasteiger partial charge in [0.25, 0.3) is 0 Å². The zero-order valence-electron chi connectivity index (χ0n) is 25.8. The zero-order chi connectivity index (χ0) is 29.4. The highest BCUT2D eigenvalue weighted by Crippen LogP contribution is 2.41. The van der Waals surface area contributed by atoms with E-state index < -0.39 is 37.3 Å². The predicted molar refractivity (Wildman–Crippen MR) is 158 cm³/mol. The van der Waals surface area contributed by atoms with E-state index in [4.69, 9.17) is 14.2 Å². The lowest BCUT2D eigenvalue weighted by Crippen LogP contribution is -2.60. The van der Waals surface area contributed by atoms with E-state index in [0.717, 1.165) is 60.3 Å². The number of ether oxygens (including phenoxy) is 3. The summed E-state index contributed by atoms with van der Waals surface area (Å²) in [5.41, 5.74) is 1.80. The Morgan fingerprint density at radius 3 is 2.15 bits per heavy atom. The van der Waals surface area contributed by atoms with Crippen molar-refractivity contribution in [2.75, 3.05) is 6.61 Å². The molecule has 2 aliphatic rings. The SMILES string of the molecule is Cc1cc(O[C@H]2O[C@H](CO)[C@@H](O)[C@H](O)[C@@H]2O)cc2c1OC(C)(CCCC(C)CCCC(C)CCCC(C)C)CC2. The molecule has 7 nitrogen and oxygen atoms in total. The van der Waals surface area contributed by atoms with Gasteiger partial charge < -0.3 is 34.6 Å². The molecule has 2 aliphatic heterocycles. The van der Waals surface area contributed by atoms with Gasteiger partial charge >= 0.3 is 0 Å². The molecule has 1 aromatic carbocycles. The van der Waals surface area contributed by atoms with Gasteiger partial charge in [-0.05, 0) is 80.5 Å². The molecule has 2 heterocycles. The van der Waals surface area contributed by atoms with Crippen LogP contribution < -0.4 is 9.47 Å². The Labute approximate surface area is 242 Å². The van der Waals surface area contributed by atoms with Crippen molar-refractivity contribution < 1.29 is 34.6 Å². The van der Waals surface area contributed by atoms with Crippen LogP contribution in [0.2, 0.25) is 0 Å². The molecule has 0 spiro atoms. The molecule has 1 saturated heterocycles. The molecule has 0 amide bonds. The number of aryl methyl sites for hydroxylation is 2. The van der Waals surface area contributed by atoms with Crippen LogP contribution in [0.1, 0.15) is 110 Å². The second-order valence-corrected chi connectivity index (χ2v) is 13.5. The van der Waals surface area contributed by atoms with Gasteiger partial charge in [-0.15, -0.1) is 0 Å². The number of aliphatic hydroxyl groups is 4. The lowest BCUT2D eigenvalue weighted by molar-refractivity contribution is -0.277. The van der Waals surface area contributed by atoms with Gasteiger partial charge in [0.05, 0.1) is 6.61 Å². The van der Waals surface area contributed by atoms with E-state index in [0.29, 0.717) is 5.75 Å². The van der Waals surface area contributed by atoms with Crippen LogP contribution in [0.15, 0.2) is 12.1 Å². The monoisotopic (exact) mass is 564 g/mol. The minimum atomic E-state index is -1.47. The Balaban J connectivity index is 1.45. The number of hydrogen-bond donors (Lipinski definition) is 4. The van der Waals surface area contributed by atoms with Crippen molar-refractivity contribution in [1.82, 2.24) is 0 Å². The molecule has 0 aromatic heterocycles. The molecule has 3 unspecified atom stereocenters. The average Bonchev–Trinajstić information content (AvgIpc) is 2.89. The molecule has 8 atom stereocenters. The number of hydrogen-bond acceptors (Lipinski definition) is 7. The molecule has 1 fully saturated rings. The van der Waals surface area contributed by atoms with Gasteiger partial charge in [0.15, 0.2) is 0 Å². The first-order chi connectivity index (χ1) is 18.9. The largest absolute Gasteiger partial charge is 0.487 e. The van der Waals surface area contributed by atoms with Crippen molar-refractivity contribution in [1.29, 1.82) is 0 Å². The van der Waals surface area contributed by atoms with Crippen molar-refractivity contribution in [3.63, 3.8) is 0 Å². The molecular weight excluding hydrogens is 508 g/mol. The molecule has 40 heavy (non-hydrogen) atoms. The summed E-state index contributed by atoms with van der Waals surface area (Å²) in [6.07, 6.45) is 6.77. The minimum absolute atomic E-state index is 0.192. The highest BCUT2D eigenvalue weighted by atomic mass is 16.7. The van der Waals surface area contributed by atoms with E-state index in [-0.39, 0.29) is 5.60 Å². The minimum Gasteiger partial charge on any atom is -0.487 e. The van der Waals surface area contributed by atoms with Crippen LogP contribution in [0.25, 0.3) is 0 Å². The summed E-state index contributed by atoms with van der Waals surface area (Å²) in [5.74, 6) is 3.79. The van der Waals surface area contributed by atoms with Crippen LogP contribution >= 0.6 is 0 Å². The van der Waals surface area contributed by atoms with Gasteiger partial charge in [-0.25, -0.2) is 0 Å². The highest BCUT2D eigenvalue weighted by Gasteiger charge is 2.45. The first-order valence-electron chi connectivity index (χ1n) is 15.7. The fourth-order valence-corrected chi connectivity index (χ4v) is 6.18. The molecular formula is C33H56O7. The molecule has 4 N–H and O–H groups in total. The van der Waals surface area contributed by atoms with Gasteiger partial charge in [0.1, 0.15) is 41.5 Å². The van der Waals surface area contributed by atoms with E-state index in [2.05, 4.69) is 34.6 Å². The van der Waals surface area contributed by atoms with Gasteiger partial charge in [-0.3, -0.25) is 0 Å². The molecule has 0 bridgehead atoms. The Kier molecular flexibility index (Phi) is 12.6. The molecule has 0 saturated carbocycles. The fraction of sp³-hybridized carbons (Fsp3) is 0.818. The number of rotatable bonds is 15. The third kappa shape index (κ3) is 9.32. The Bertz CT molecular complexity index is 903. The summed E-state index contributed by atoms with van der Waals surface area (Å²) >= 11 is 0. The van der Waals surface area contributed by atoms with Crippen LogP contribution in [0.4, 0.5) is 0 Å². The molecule has 1 aromatic rings. The van der Waals surface area contributed by atoms with Crippen molar-refractivity contribution in [3.8, 4) is 11.5 Å². The van der Waals surface area contributed by atoms with Gasteiger partial charge in [0.2, 0.25) is 6.29 Å². The van der Waals surface area contributed by atoms with Gasteiger partial charge in [-0.1, -0.05) is 72.6 Å². The first-order valence-corrected chi connectivity index (χ1v) is 15.7. The molecule has 0 radical (unpaired) electrons. The average molecular weight is 565 g/mol. The van der Waals surface area contributed by atoms with E-state index in [9.17, 15) is 20.4 Å². The maximum Gasteiger partial charge on any atom is 0.229 e. The highest BCUT2D eigenvalue weighted by molar-refractivity contribution is 5.48. The molecule has 7 heteroatoms. The quantitative estimate of drug-likeness (QED) is 0.217. The Morgan fingerprint density at radius 2 is 1.52 bits per heavy atom. The normalized spacial score (nSPS) is 30.0. The smallest absolute Gasteiger partial charge is 0.229 e. The third-order valence-electron chi connectivity index (χ3n) is 8.97. The Morgan fingerprint density at radius 1 is 0.900 bits per heavy atom. The molecule has 230 valence electrons. The van der Waals surface area contributed by atoms with Crippen molar-refractivity contribution in [3.05, 3.63) is 23.3 Å².